The van der Waals surface area contributed by atoms with Crippen molar-refractivity contribution in [3.63, 3.8) is 0 Å². The van der Waals surface area contributed by atoms with E-state index in [9.17, 15) is 0 Å². The second kappa shape index (κ2) is 12.3. The van der Waals surface area contributed by atoms with Gasteiger partial charge in [-0.2, -0.15) is 0 Å². The minimum Gasteiger partial charge on any atom is -0.320 e. The Morgan fingerprint density at radius 3 is 2.19 bits per heavy atom. The third-order valence-corrected chi connectivity index (χ3v) is 2.24. The Hall–Kier alpha value is -0.820. The van der Waals surface area contributed by atoms with Gasteiger partial charge in [0.15, 0.2) is 0 Å². The predicted octanol–water partition coefficient (Wildman–Crippen LogP) is 4.28. The topological polar surface area (TPSA) is 12.0 Å². The van der Waals surface area contributed by atoms with Gasteiger partial charge in [-0.05, 0) is 38.4 Å². The van der Waals surface area contributed by atoms with Crippen LogP contribution in [0.1, 0.15) is 46.5 Å². The van der Waals surface area contributed by atoms with Crippen molar-refractivity contribution >= 4 is 0 Å². The molecule has 94 valence electrons. The molecule has 16 heavy (non-hydrogen) atoms. The second-order valence-corrected chi connectivity index (χ2v) is 4.11. The molecule has 0 aliphatic heterocycles. The largest absolute Gasteiger partial charge is 0.320 e. The first-order valence-corrected chi connectivity index (χ1v) is 6.53. The van der Waals surface area contributed by atoms with Gasteiger partial charge in [-0.1, -0.05) is 57.0 Å². The maximum absolute atomic E-state index is 3.17. The van der Waals surface area contributed by atoms with Crippen LogP contribution in [0.2, 0.25) is 0 Å². The molecular formula is C15H29N. The number of benzene rings is 1. The highest BCUT2D eigenvalue weighted by molar-refractivity contribution is 5.14. The van der Waals surface area contributed by atoms with Crippen molar-refractivity contribution in [2.45, 2.75) is 46.0 Å². The third kappa shape index (κ3) is 9.72. The number of rotatable bonds is 6. The molecule has 0 spiro atoms. The van der Waals surface area contributed by atoms with Crippen molar-refractivity contribution in [1.29, 1.82) is 0 Å². The first-order chi connectivity index (χ1) is 7.85. The maximum atomic E-state index is 3.17. The molecule has 1 N–H and O–H groups in total. The lowest BCUT2D eigenvalue weighted by atomic mass is 10.1. The monoisotopic (exact) mass is 223 g/mol. The summed E-state index contributed by atoms with van der Waals surface area (Å²) in [6.45, 7) is 5.40. The van der Waals surface area contributed by atoms with E-state index in [4.69, 9.17) is 0 Å². The summed E-state index contributed by atoms with van der Waals surface area (Å²) in [6, 6.07) is 10.7. The molecule has 1 aromatic rings. The lowest BCUT2D eigenvalue weighted by molar-refractivity contribution is 0.642. The summed E-state index contributed by atoms with van der Waals surface area (Å²) < 4.78 is 0. The molecule has 0 unspecified atom stereocenters. The van der Waals surface area contributed by atoms with Crippen molar-refractivity contribution < 1.29 is 1.43 Å². The highest BCUT2D eigenvalue weighted by Gasteiger charge is 1.91. The Labute approximate surface area is 103 Å². The smallest absolute Gasteiger partial charge is 0 e. The molecule has 0 aromatic heterocycles. The normalized spacial score (nSPS) is 9.44. The van der Waals surface area contributed by atoms with E-state index in [1.165, 1.54) is 37.7 Å². The summed E-state index contributed by atoms with van der Waals surface area (Å²) in [7, 11) is 2.01. The van der Waals surface area contributed by atoms with Crippen LogP contribution in [0.25, 0.3) is 0 Å². The molecule has 0 amide bonds. The molecule has 1 aromatic carbocycles. The molecule has 0 bridgehead atoms. The summed E-state index contributed by atoms with van der Waals surface area (Å²) >= 11 is 0. The molecule has 1 rings (SSSR count). The van der Waals surface area contributed by atoms with E-state index in [2.05, 4.69) is 49.5 Å². The van der Waals surface area contributed by atoms with Crippen LogP contribution in [0.3, 0.4) is 0 Å². The van der Waals surface area contributed by atoms with Gasteiger partial charge in [-0.25, -0.2) is 0 Å². The third-order valence-electron chi connectivity index (χ3n) is 2.24. The fourth-order valence-corrected chi connectivity index (χ4v) is 1.45. The molecule has 0 saturated heterocycles. The van der Waals surface area contributed by atoms with Crippen LogP contribution in [-0.4, -0.2) is 13.6 Å². The zero-order valence-corrected chi connectivity index (χ0v) is 11.1. The van der Waals surface area contributed by atoms with Crippen LogP contribution < -0.4 is 5.32 Å². The summed E-state index contributed by atoms with van der Waals surface area (Å²) in [5.74, 6) is 0. The van der Waals surface area contributed by atoms with Crippen molar-refractivity contribution in [3.05, 3.63) is 35.9 Å². The van der Waals surface area contributed by atoms with Gasteiger partial charge in [0.1, 0.15) is 0 Å². The first-order valence-electron chi connectivity index (χ1n) is 6.53. The zero-order chi connectivity index (χ0) is 12.1. The van der Waals surface area contributed by atoms with Crippen molar-refractivity contribution in [1.82, 2.24) is 5.32 Å². The van der Waals surface area contributed by atoms with Crippen LogP contribution in [0, 0.1) is 0 Å². The van der Waals surface area contributed by atoms with Crippen molar-refractivity contribution in [2.75, 3.05) is 13.6 Å². The van der Waals surface area contributed by atoms with E-state index in [0.717, 1.165) is 6.54 Å². The SMILES string of the molecule is CCC.CNCCCCCc1ccccc1.[HH]. The molecule has 0 radical (unpaired) electrons. The summed E-state index contributed by atoms with van der Waals surface area (Å²) in [5, 5.41) is 3.17. The predicted molar refractivity (Wildman–Crippen MR) is 76.0 cm³/mol. The Kier molecular flexibility index (Phi) is 11.6. The summed E-state index contributed by atoms with van der Waals surface area (Å²) in [5.41, 5.74) is 1.46. The van der Waals surface area contributed by atoms with E-state index >= 15 is 0 Å². The zero-order valence-electron chi connectivity index (χ0n) is 11.1. The van der Waals surface area contributed by atoms with Gasteiger partial charge in [-0.3, -0.25) is 0 Å². The fourth-order valence-electron chi connectivity index (χ4n) is 1.45. The number of hydrogen-bond donors (Lipinski definition) is 1. The first kappa shape index (κ1) is 15.2. The molecule has 0 saturated carbocycles. The lowest BCUT2D eigenvalue weighted by Gasteiger charge is -2.01. The molecule has 0 aliphatic rings. The van der Waals surface area contributed by atoms with Gasteiger partial charge in [0.05, 0.1) is 0 Å². The van der Waals surface area contributed by atoms with Crippen molar-refractivity contribution in [3.8, 4) is 0 Å². The Balaban J connectivity index is 0. The molecule has 0 aliphatic carbocycles. The Bertz CT molecular complexity index is 224. The van der Waals surface area contributed by atoms with E-state index in [-0.39, 0.29) is 1.43 Å². The van der Waals surface area contributed by atoms with E-state index in [0.29, 0.717) is 0 Å². The quantitative estimate of drug-likeness (QED) is 0.710. The van der Waals surface area contributed by atoms with E-state index in [1.807, 2.05) is 7.05 Å². The molecular weight excluding hydrogens is 194 g/mol. The van der Waals surface area contributed by atoms with Gasteiger partial charge in [0, 0.05) is 1.43 Å². The van der Waals surface area contributed by atoms with Crippen LogP contribution >= 0.6 is 0 Å². The minimum absolute atomic E-state index is 0. The Morgan fingerprint density at radius 1 is 1.00 bits per heavy atom. The van der Waals surface area contributed by atoms with Gasteiger partial charge < -0.3 is 5.32 Å². The summed E-state index contributed by atoms with van der Waals surface area (Å²) in [6.07, 6.45) is 6.41. The molecule has 1 nitrogen and oxygen atoms in total. The highest BCUT2D eigenvalue weighted by Crippen LogP contribution is 2.05. The summed E-state index contributed by atoms with van der Waals surface area (Å²) in [4.78, 5) is 0. The van der Waals surface area contributed by atoms with Gasteiger partial charge in [0.2, 0.25) is 0 Å². The second-order valence-electron chi connectivity index (χ2n) is 4.11. The Morgan fingerprint density at radius 2 is 1.62 bits per heavy atom. The lowest BCUT2D eigenvalue weighted by Crippen LogP contribution is -2.07. The number of hydrogen-bond acceptors (Lipinski definition) is 1. The average Bonchev–Trinajstić information content (AvgIpc) is 2.31. The van der Waals surface area contributed by atoms with E-state index < -0.39 is 0 Å². The van der Waals surface area contributed by atoms with Crippen LogP contribution in [0.4, 0.5) is 0 Å². The fraction of sp³-hybridized carbons (Fsp3) is 0.600. The van der Waals surface area contributed by atoms with Crippen LogP contribution in [-0.2, 0) is 6.42 Å². The highest BCUT2D eigenvalue weighted by atomic mass is 14.8. The van der Waals surface area contributed by atoms with Gasteiger partial charge in [0.25, 0.3) is 0 Å². The minimum atomic E-state index is 0. The van der Waals surface area contributed by atoms with Crippen molar-refractivity contribution in [2.24, 2.45) is 0 Å². The van der Waals surface area contributed by atoms with Gasteiger partial charge in [-0.15, -0.1) is 0 Å². The van der Waals surface area contributed by atoms with Crippen LogP contribution in [0.15, 0.2) is 30.3 Å². The standard InChI is InChI=1S/C12H19N.C3H8.H2/c1-13-11-7-3-6-10-12-8-4-2-5-9-12;1-3-2;/h2,4-5,8-9,13H,3,6-7,10-11H2,1H3;3H2,1-2H3;1H. The number of unbranched alkanes of at least 4 members (excludes halogenated alkanes) is 2. The average molecular weight is 223 g/mol. The number of aryl methyl sites for hydroxylation is 1. The number of nitrogens with one attached hydrogen (secondary N) is 1. The molecule has 1 heteroatoms. The van der Waals surface area contributed by atoms with Crippen LogP contribution in [0.5, 0.6) is 0 Å². The molecule has 0 fully saturated rings. The maximum Gasteiger partial charge on any atom is 0 e. The van der Waals surface area contributed by atoms with Gasteiger partial charge >= 0.3 is 0 Å². The molecule has 0 heterocycles. The molecule has 0 atom stereocenters. The van der Waals surface area contributed by atoms with E-state index in [1.54, 1.807) is 0 Å².